The molecule has 66 heavy (non-hydrogen) atoms. The molecule has 390 valence electrons. The first-order valence-corrected chi connectivity index (χ1v) is 30.4. The number of rotatable bonds is 56. The van der Waals surface area contributed by atoms with Gasteiger partial charge in [-0.25, -0.2) is 0 Å². The average Bonchev–Trinajstić information content (AvgIpc) is 3.32. The third-order valence-corrected chi connectivity index (χ3v) is 14.2. The minimum absolute atomic E-state index is 0.122. The zero-order valence-corrected chi connectivity index (χ0v) is 45.3. The monoisotopic (exact) mass is 927 g/mol. The second-order valence-electron chi connectivity index (χ2n) is 20.9. The van der Waals surface area contributed by atoms with Gasteiger partial charge in [0.2, 0.25) is 5.75 Å². The van der Waals surface area contributed by atoms with Gasteiger partial charge in [-0.15, -0.1) is 0 Å². The van der Waals surface area contributed by atoms with Crippen LogP contribution in [0.4, 0.5) is 0 Å². The minimum atomic E-state index is 0.122. The summed E-state index contributed by atoms with van der Waals surface area (Å²) in [6, 6.07) is 4.21. The van der Waals surface area contributed by atoms with Gasteiger partial charge in [0.05, 0.1) is 19.8 Å². The summed E-state index contributed by atoms with van der Waals surface area (Å²) in [6.07, 6.45) is 66.4. The van der Waals surface area contributed by atoms with Crippen LogP contribution in [0.15, 0.2) is 12.1 Å². The van der Waals surface area contributed by atoms with Crippen LogP contribution >= 0.6 is 0 Å². The van der Waals surface area contributed by atoms with Crippen molar-refractivity contribution in [2.75, 3.05) is 26.4 Å². The molecule has 1 aromatic carbocycles. The lowest BCUT2D eigenvalue weighted by molar-refractivity contribution is 0.233. The van der Waals surface area contributed by atoms with Gasteiger partial charge in [-0.1, -0.05) is 310 Å². The van der Waals surface area contributed by atoms with Crippen LogP contribution in [0.5, 0.6) is 17.2 Å². The third kappa shape index (κ3) is 42.7. The predicted molar refractivity (Wildman–Crippen MR) is 292 cm³/mol. The highest BCUT2D eigenvalue weighted by molar-refractivity contribution is 5.54. The number of hydrogen-bond acceptors (Lipinski definition) is 4. The summed E-state index contributed by atoms with van der Waals surface area (Å²) in [5.41, 5.74) is 1.07. The highest BCUT2D eigenvalue weighted by Gasteiger charge is 2.16. The van der Waals surface area contributed by atoms with Gasteiger partial charge >= 0.3 is 0 Å². The molecular weight excluding hydrogens is 809 g/mol. The Morgan fingerprint density at radius 1 is 0.273 bits per heavy atom. The molecule has 0 amide bonds. The summed E-state index contributed by atoms with van der Waals surface area (Å²) >= 11 is 0. The molecule has 0 aliphatic carbocycles. The molecule has 4 heteroatoms. The Morgan fingerprint density at radius 3 is 0.682 bits per heavy atom. The summed E-state index contributed by atoms with van der Waals surface area (Å²) in [5.74, 6) is 2.39. The van der Waals surface area contributed by atoms with Crippen LogP contribution in [-0.2, 0) is 6.42 Å². The molecule has 0 radical (unpaired) electrons. The van der Waals surface area contributed by atoms with Gasteiger partial charge < -0.3 is 19.3 Å². The van der Waals surface area contributed by atoms with Crippen LogP contribution in [0.2, 0.25) is 0 Å². The zero-order valence-electron chi connectivity index (χ0n) is 45.3. The van der Waals surface area contributed by atoms with Gasteiger partial charge in [-0.2, -0.15) is 0 Å². The second kappa shape index (κ2) is 52.9. The maximum atomic E-state index is 9.89. The van der Waals surface area contributed by atoms with E-state index in [0.29, 0.717) is 26.2 Å². The van der Waals surface area contributed by atoms with Crippen molar-refractivity contribution < 1.29 is 19.3 Å². The first kappa shape index (κ1) is 62.6. The van der Waals surface area contributed by atoms with Crippen molar-refractivity contribution in [3.05, 3.63) is 17.7 Å². The Morgan fingerprint density at radius 2 is 0.470 bits per heavy atom. The summed E-state index contributed by atoms with van der Waals surface area (Å²) in [6.45, 7) is 9.13. The lowest BCUT2D eigenvalue weighted by Crippen LogP contribution is -2.07. The molecule has 0 bridgehead atoms. The number of unbranched alkanes of at least 4 members (excludes halogenated alkanes) is 45. The second-order valence-corrected chi connectivity index (χ2v) is 20.9. The van der Waals surface area contributed by atoms with Crippen molar-refractivity contribution in [2.45, 2.75) is 335 Å². The number of ether oxygens (including phenoxy) is 3. The summed E-state index contributed by atoms with van der Waals surface area (Å²) in [7, 11) is 0. The molecule has 0 spiro atoms. The Bertz CT molecular complexity index is 1010. The van der Waals surface area contributed by atoms with Crippen LogP contribution in [0.3, 0.4) is 0 Å². The van der Waals surface area contributed by atoms with Gasteiger partial charge in [-0.3, -0.25) is 0 Å². The maximum absolute atomic E-state index is 9.89. The molecule has 0 fully saturated rings. The van der Waals surface area contributed by atoms with Gasteiger partial charge in [0, 0.05) is 6.61 Å². The Kier molecular flexibility index (Phi) is 50.2. The lowest BCUT2D eigenvalue weighted by Gasteiger charge is -2.19. The highest BCUT2D eigenvalue weighted by atomic mass is 16.5. The minimum Gasteiger partial charge on any atom is -0.490 e. The molecule has 1 N–H and O–H groups in total. The van der Waals surface area contributed by atoms with Crippen LogP contribution in [0.25, 0.3) is 0 Å². The van der Waals surface area contributed by atoms with E-state index in [4.69, 9.17) is 14.2 Å². The normalized spacial score (nSPS) is 11.5. The number of aliphatic hydroxyl groups is 1. The van der Waals surface area contributed by atoms with E-state index in [9.17, 15) is 5.11 Å². The molecule has 0 saturated carbocycles. The zero-order chi connectivity index (χ0) is 47.3. The molecule has 1 aromatic rings. The van der Waals surface area contributed by atoms with E-state index in [0.717, 1.165) is 42.1 Å². The smallest absolute Gasteiger partial charge is 0.203 e. The number of aliphatic hydroxyl groups excluding tert-OH is 1. The van der Waals surface area contributed by atoms with Gasteiger partial charge in [0.15, 0.2) is 11.5 Å². The molecule has 4 nitrogen and oxygen atoms in total. The number of hydrogen-bond donors (Lipinski definition) is 1. The van der Waals surface area contributed by atoms with Crippen molar-refractivity contribution in [3.8, 4) is 17.2 Å². The van der Waals surface area contributed by atoms with E-state index in [1.54, 1.807) is 0 Å². The van der Waals surface area contributed by atoms with Crippen molar-refractivity contribution in [1.29, 1.82) is 0 Å². The summed E-state index contributed by atoms with van der Waals surface area (Å²) < 4.78 is 19.6. The van der Waals surface area contributed by atoms with E-state index >= 15 is 0 Å². The molecule has 0 aliphatic heterocycles. The van der Waals surface area contributed by atoms with Crippen LogP contribution < -0.4 is 14.2 Å². The Labute approximate surface area is 414 Å². The molecule has 0 saturated heterocycles. The van der Waals surface area contributed by atoms with E-state index in [2.05, 4.69) is 32.9 Å². The van der Waals surface area contributed by atoms with Crippen LogP contribution in [0.1, 0.15) is 335 Å². The lowest BCUT2D eigenvalue weighted by atomic mass is 10.0. The van der Waals surface area contributed by atoms with Crippen molar-refractivity contribution in [2.24, 2.45) is 0 Å². The summed E-state index contributed by atoms with van der Waals surface area (Å²) in [5, 5.41) is 9.89. The standard InChI is InChI=1S/C62H118O4/c1-4-7-10-13-16-19-22-25-28-31-34-37-40-43-46-49-54-64-60-57-59(52-53-63)58-61(65-55-50-47-44-41-38-35-32-29-26-23-20-17-14-11-8-5-2)62(60)66-56-51-48-45-42-39-36-33-30-27-24-21-18-15-12-9-6-3/h57-58,63H,4-56H2,1-3H3. The third-order valence-electron chi connectivity index (χ3n) is 14.2. The first-order chi connectivity index (χ1) is 32.8. The fourth-order valence-corrected chi connectivity index (χ4v) is 9.75. The van der Waals surface area contributed by atoms with Gasteiger partial charge in [-0.05, 0) is 43.4 Å². The van der Waals surface area contributed by atoms with E-state index < -0.39 is 0 Å². The largest absolute Gasteiger partial charge is 0.490 e. The molecule has 0 aliphatic rings. The predicted octanol–water partition coefficient (Wildman–Crippen LogP) is 21.1. The first-order valence-electron chi connectivity index (χ1n) is 30.4. The highest BCUT2D eigenvalue weighted by Crippen LogP contribution is 2.40. The van der Waals surface area contributed by atoms with E-state index in [1.807, 2.05) is 0 Å². The van der Waals surface area contributed by atoms with E-state index in [1.165, 1.54) is 289 Å². The fraction of sp³-hybridized carbons (Fsp3) is 0.903. The van der Waals surface area contributed by atoms with E-state index in [-0.39, 0.29) is 6.61 Å². The average molecular weight is 928 g/mol. The maximum Gasteiger partial charge on any atom is 0.203 e. The topological polar surface area (TPSA) is 47.9 Å². The molecule has 0 aromatic heterocycles. The van der Waals surface area contributed by atoms with Gasteiger partial charge in [0.1, 0.15) is 0 Å². The SMILES string of the molecule is CCCCCCCCCCCCCCCCCCOc1cc(CCO)cc(OCCCCCCCCCCCCCCCCCC)c1OCCCCCCCCCCCCCCCCCC. The summed E-state index contributed by atoms with van der Waals surface area (Å²) in [4.78, 5) is 0. The quantitative estimate of drug-likeness (QED) is 0.0661. The molecule has 0 unspecified atom stereocenters. The number of benzene rings is 1. The van der Waals surface area contributed by atoms with Gasteiger partial charge in [0.25, 0.3) is 0 Å². The molecule has 0 atom stereocenters. The van der Waals surface area contributed by atoms with Crippen LogP contribution in [0, 0.1) is 0 Å². The van der Waals surface area contributed by atoms with Crippen molar-refractivity contribution in [3.63, 3.8) is 0 Å². The molecular formula is C62H118O4. The van der Waals surface area contributed by atoms with Crippen molar-refractivity contribution >= 4 is 0 Å². The Hall–Kier alpha value is -1.42. The fourth-order valence-electron chi connectivity index (χ4n) is 9.75. The van der Waals surface area contributed by atoms with Crippen molar-refractivity contribution in [1.82, 2.24) is 0 Å². The van der Waals surface area contributed by atoms with Crippen LogP contribution in [-0.4, -0.2) is 31.5 Å². The Balaban J connectivity index is 2.45. The molecule has 0 heterocycles. The molecule has 1 rings (SSSR count).